The Morgan fingerprint density at radius 3 is 2.04 bits per heavy atom. The number of esters is 1. The summed E-state index contributed by atoms with van der Waals surface area (Å²) in [4.78, 5) is 46.7. The number of halogens is 1. The number of aliphatic carboxylic acids is 2. The first kappa shape index (κ1) is 36.3. The van der Waals surface area contributed by atoms with Gasteiger partial charge in [0.2, 0.25) is 0 Å². The van der Waals surface area contributed by atoms with Gasteiger partial charge in [-0.1, -0.05) is 59.9 Å². The number of nitrogens with zero attached hydrogens (tertiary/aromatic N) is 4. The Kier molecular flexibility index (Phi) is 13.8. The summed E-state index contributed by atoms with van der Waals surface area (Å²) in [5, 5.41) is 19.4. The van der Waals surface area contributed by atoms with Crippen molar-refractivity contribution < 1.29 is 33.9 Å². The standard InChI is InChI=1S/C11H12N2O2S.C10H10N2O2S.C9H8N2O2S.ClH/c1-13-9-6-4-3-5-8(9)12-11(13)16-7-10(14)15-2;1-12-8-5-3-2-4-7(8)11-10(12)15-6-9(13)14;12-8(13)5-14-9-10-6-3-1-2-4-7(6)11-9;/h3-6H,7H2,1-2H3;2-5H,6H2,1H3,(H,13,14);1-4H,5H2,(H,10,11)(H,12,13);1H/p+1. The van der Waals surface area contributed by atoms with Crippen LogP contribution in [0, 0.1) is 0 Å². The average Bonchev–Trinajstić information content (AvgIpc) is 3.71. The maximum atomic E-state index is 11.0. The van der Waals surface area contributed by atoms with Crippen LogP contribution in [0.4, 0.5) is 0 Å². The van der Waals surface area contributed by atoms with E-state index >= 15 is 0 Å². The molecule has 0 aliphatic rings. The van der Waals surface area contributed by atoms with Gasteiger partial charge in [0.05, 0.1) is 47.7 Å². The van der Waals surface area contributed by atoms with Crippen LogP contribution in [0.15, 0.2) is 88.3 Å². The van der Waals surface area contributed by atoms with Gasteiger partial charge in [0.1, 0.15) is 5.75 Å². The molecule has 4 N–H and O–H groups in total. The highest BCUT2D eigenvalue weighted by atomic mass is 35.5. The number of carboxylic acids is 2. The molecule has 6 rings (SSSR count). The highest BCUT2D eigenvalue weighted by Crippen LogP contribution is 2.22. The van der Waals surface area contributed by atoms with Crippen LogP contribution in [0.3, 0.4) is 0 Å². The average molecular weight is 704 g/mol. The minimum Gasteiger partial charge on any atom is -0.481 e. The molecule has 0 fully saturated rings. The van der Waals surface area contributed by atoms with Crippen molar-refractivity contribution in [3.63, 3.8) is 0 Å². The maximum absolute atomic E-state index is 11.0. The number of carbonyl (C=O) groups excluding carboxylic acids is 1. The second-order valence-corrected chi connectivity index (χ2v) is 12.1. The van der Waals surface area contributed by atoms with E-state index in [0.29, 0.717) is 5.16 Å². The van der Waals surface area contributed by atoms with Crippen molar-refractivity contribution in [1.82, 2.24) is 24.5 Å². The predicted octanol–water partition coefficient (Wildman–Crippen LogP) is 5.17. The van der Waals surface area contributed by atoms with E-state index in [4.69, 9.17) is 10.2 Å². The molecule has 0 saturated heterocycles. The molecule has 0 aliphatic heterocycles. The number of nitrogens with one attached hydrogen (secondary N) is 2. The summed E-state index contributed by atoms with van der Waals surface area (Å²) < 4.78 is 8.53. The van der Waals surface area contributed by atoms with Gasteiger partial charge in [-0.05, 0) is 48.2 Å². The van der Waals surface area contributed by atoms with E-state index in [1.54, 1.807) is 0 Å². The number of thioether (sulfide) groups is 3. The number of hydrogen-bond donors (Lipinski definition) is 4. The van der Waals surface area contributed by atoms with E-state index in [-0.39, 0.29) is 35.6 Å². The number of fused-ring (bicyclic) bond motifs is 3. The number of carboxylic acid groups (broad SMARTS) is 2. The molecular formula is C30H32ClN6O6S3+. The zero-order valence-corrected chi connectivity index (χ0v) is 28.3. The van der Waals surface area contributed by atoms with E-state index in [1.807, 2.05) is 96.0 Å². The number of para-hydroxylation sites is 6. The van der Waals surface area contributed by atoms with Crippen LogP contribution in [-0.2, 0) is 33.2 Å². The first-order valence-electron chi connectivity index (χ1n) is 13.4. The third kappa shape index (κ3) is 9.91. The lowest BCUT2D eigenvalue weighted by Crippen LogP contribution is -2.29. The van der Waals surface area contributed by atoms with E-state index in [9.17, 15) is 14.4 Å². The van der Waals surface area contributed by atoms with Crippen molar-refractivity contribution in [2.75, 3.05) is 24.4 Å². The van der Waals surface area contributed by atoms with Gasteiger partial charge in [0, 0.05) is 7.05 Å². The predicted molar refractivity (Wildman–Crippen MR) is 183 cm³/mol. The summed E-state index contributed by atoms with van der Waals surface area (Å²) >= 11 is 3.86. The van der Waals surface area contributed by atoms with Gasteiger partial charge in [0.25, 0.3) is 0 Å². The zero-order valence-electron chi connectivity index (χ0n) is 25.0. The van der Waals surface area contributed by atoms with Crippen molar-refractivity contribution >= 4 is 98.7 Å². The maximum Gasteiger partial charge on any atom is 0.317 e. The normalized spacial score (nSPS) is 10.4. The fourth-order valence-corrected chi connectivity index (χ4v) is 6.17. The fourth-order valence-electron chi connectivity index (χ4n) is 4.01. The van der Waals surface area contributed by atoms with Gasteiger partial charge in [-0.3, -0.25) is 14.4 Å². The number of benzene rings is 3. The Labute approximate surface area is 282 Å². The van der Waals surface area contributed by atoms with E-state index in [1.165, 1.54) is 42.4 Å². The third-order valence-corrected chi connectivity index (χ3v) is 9.04. The third-order valence-electron chi connectivity index (χ3n) is 6.14. The summed E-state index contributed by atoms with van der Waals surface area (Å²) in [6.45, 7) is 0. The van der Waals surface area contributed by atoms with Crippen LogP contribution < -0.4 is 4.57 Å². The molecule has 0 saturated carbocycles. The summed E-state index contributed by atoms with van der Waals surface area (Å²) in [6, 6.07) is 23.4. The minimum atomic E-state index is -0.838. The molecule has 0 amide bonds. The molecule has 242 valence electrons. The molecule has 0 atom stereocenters. The van der Waals surface area contributed by atoms with Crippen molar-refractivity contribution in [2.45, 2.75) is 15.5 Å². The minimum absolute atomic E-state index is 0. The van der Waals surface area contributed by atoms with Crippen LogP contribution >= 0.6 is 47.7 Å². The number of aryl methyl sites for hydroxylation is 2. The summed E-state index contributed by atoms with van der Waals surface area (Å²) in [5.41, 5.74) is 5.89. The second-order valence-electron chi connectivity index (χ2n) is 9.24. The lowest BCUT2D eigenvalue weighted by Gasteiger charge is -2.00. The lowest BCUT2D eigenvalue weighted by molar-refractivity contribution is -0.683. The monoisotopic (exact) mass is 703 g/mol. The Morgan fingerprint density at radius 2 is 1.41 bits per heavy atom. The molecule has 46 heavy (non-hydrogen) atoms. The number of aromatic nitrogens is 6. The number of hydrogen-bond acceptors (Lipinski definition) is 9. The first-order valence-corrected chi connectivity index (χ1v) is 16.3. The molecule has 3 aromatic carbocycles. The Balaban J connectivity index is 0.000000186. The molecular weight excluding hydrogens is 672 g/mol. The highest BCUT2D eigenvalue weighted by Gasteiger charge is 2.16. The number of methoxy groups -OCH3 is 1. The quantitative estimate of drug-likeness (QED) is 0.0891. The van der Waals surface area contributed by atoms with Gasteiger partial charge in [-0.25, -0.2) is 19.5 Å². The van der Waals surface area contributed by atoms with Crippen LogP contribution in [0.5, 0.6) is 0 Å². The van der Waals surface area contributed by atoms with Crippen molar-refractivity contribution in [2.24, 2.45) is 14.1 Å². The van der Waals surface area contributed by atoms with E-state index in [2.05, 4.69) is 24.7 Å². The van der Waals surface area contributed by atoms with Crippen LogP contribution in [-0.4, -0.2) is 77.0 Å². The molecule has 0 radical (unpaired) electrons. The van der Waals surface area contributed by atoms with Gasteiger partial charge in [-0.2, -0.15) is 0 Å². The van der Waals surface area contributed by atoms with Crippen molar-refractivity contribution in [1.29, 1.82) is 0 Å². The fraction of sp³-hybridized carbons (Fsp3) is 0.200. The topological polar surface area (TPSA) is 167 Å². The summed E-state index contributed by atoms with van der Waals surface area (Å²) in [7, 11) is 5.25. The lowest BCUT2D eigenvalue weighted by atomic mass is 10.3. The molecule has 16 heteroatoms. The van der Waals surface area contributed by atoms with Crippen LogP contribution in [0.2, 0.25) is 0 Å². The first-order chi connectivity index (χ1) is 21.7. The molecule has 0 spiro atoms. The van der Waals surface area contributed by atoms with E-state index < -0.39 is 11.9 Å². The van der Waals surface area contributed by atoms with Crippen molar-refractivity contribution in [3.05, 3.63) is 72.8 Å². The van der Waals surface area contributed by atoms with Gasteiger partial charge in [0.15, 0.2) is 21.3 Å². The molecule has 12 nitrogen and oxygen atoms in total. The number of ether oxygens (including phenoxy) is 1. The van der Waals surface area contributed by atoms with Gasteiger partial charge >= 0.3 is 23.1 Å². The Bertz CT molecular complexity index is 1910. The van der Waals surface area contributed by atoms with Crippen LogP contribution in [0.25, 0.3) is 33.1 Å². The van der Waals surface area contributed by atoms with Gasteiger partial charge in [-0.15, -0.1) is 12.4 Å². The molecule has 6 aromatic rings. The Hall–Kier alpha value is -4.18. The van der Waals surface area contributed by atoms with E-state index in [0.717, 1.165) is 43.4 Å². The zero-order chi connectivity index (χ0) is 32.3. The van der Waals surface area contributed by atoms with Gasteiger partial charge < -0.3 is 24.5 Å². The van der Waals surface area contributed by atoms with Crippen LogP contribution in [0.1, 0.15) is 0 Å². The summed E-state index contributed by atoms with van der Waals surface area (Å²) in [5.74, 6) is -1.50. The number of imidazole rings is 3. The SMILES string of the molecule is COC(=O)CSc1nc2ccccc2n1C.C[n+]1c(SCC(=O)O)[nH]c2ccccc21.Cl.O=C(O)CSc1nc2ccccc2[nH]1. The number of carbonyl (C=O) groups is 3. The molecule has 3 heterocycles. The largest absolute Gasteiger partial charge is 0.481 e. The molecule has 0 unspecified atom stereocenters. The molecule has 0 bridgehead atoms. The Morgan fingerprint density at radius 1 is 0.804 bits per heavy atom. The molecule has 3 aromatic heterocycles. The number of H-pyrrole nitrogens is 2. The highest BCUT2D eigenvalue weighted by molar-refractivity contribution is 8.00. The van der Waals surface area contributed by atoms with Crippen molar-refractivity contribution in [3.8, 4) is 0 Å². The number of aromatic amines is 2. The smallest absolute Gasteiger partial charge is 0.317 e. The number of rotatable bonds is 9. The molecule has 0 aliphatic carbocycles. The summed E-state index contributed by atoms with van der Waals surface area (Å²) in [6.07, 6.45) is 0. The second kappa shape index (κ2) is 17.5.